The molecule has 0 fully saturated rings. The van der Waals surface area contributed by atoms with Crippen molar-refractivity contribution in [1.82, 2.24) is 0 Å². The van der Waals surface area contributed by atoms with E-state index in [9.17, 15) is 0 Å². The summed E-state index contributed by atoms with van der Waals surface area (Å²) in [4.78, 5) is 1.30. The third-order valence-corrected chi connectivity index (χ3v) is 9.12. The molecule has 0 amide bonds. The average molecular weight is 467 g/mol. The molecule has 0 N–H and O–H groups in total. The molecule has 0 nitrogen and oxygen atoms in total. The molecule has 0 radical (unpaired) electrons. The van der Waals surface area contributed by atoms with Crippen LogP contribution in [-0.4, -0.2) is 0 Å². The maximum Gasteiger partial charge on any atom is 0.0862 e. The van der Waals surface area contributed by atoms with Crippen LogP contribution >= 0.6 is 70.5 Å². The molecule has 3 rings (SSSR count). The maximum absolute atomic E-state index is 3.73. The zero-order valence-corrected chi connectivity index (χ0v) is 15.7. The van der Waals surface area contributed by atoms with Crippen molar-refractivity contribution in [1.29, 1.82) is 0 Å². The second kappa shape index (κ2) is 5.02. The third-order valence-electron chi connectivity index (χ3n) is 2.69. The van der Waals surface area contributed by atoms with Gasteiger partial charge in [-0.05, 0) is 60.3 Å². The summed E-state index contributed by atoms with van der Waals surface area (Å²) in [5, 5.41) is 0. The van der Waals surface area contributed by atoms with Gasteiger partial charge in [0.25, 0.3) is 0 Å². The van der Waals surface area contributed by atoms with E-state index in [1.165, 1.54) is 29.9 Å². The lowest BCUT2D eigenvalue weighted by atomic mass is 10.1. The molecule has 0 aliphatic carbocycles. The van der Waals surface area contributed by atoms with Crippen LogP contribution in [0.5, 0.6) is 0 Å². The predicted molar refractivity (Wildman–Crippen MR) is 93.0 cm³/mol. The molecule has 0 saturated carbocycles. The van der Waals surface area contributed by atoms with Gasteiger partial charge < -0.3 is 0 Å². The molecule has 92 valence electrons. The summed E-state index contributed by atoms with van der Waals surface area (Å²) in [7, 11) is 0. The fraction of sp³-hybridized carbons (Fsp3) is 0.0769. The molecular weight excluding hydrogens is 460 g/mol. The molecule has 0 aliphatic heterocycles. The molecule has 0 spiro atoms. The topological polar surface area (TPSA) is 0 Å². The fourth-order valence-corrected chi connectivity index (χ4v) is 6.59. The predicted octanol–water partition coefficient (Wildman–Crippen LogP) is 7.23. The maximum atomic E-state index is 3.73. The van der Waals surface area contributed by atoms with Crippen molar-refractivity contribution in [2.45, 2.75) is 6.92 Å². The summed E-state index contributed by atoms with van der Waals surface area (Å²) >= 11 is 14.5. The van der Waals surface area contributed by atoms with Gasteiger partial charge in [-0.15, -0.1) is 22.7 Å². The highest BCUT2D eigenvalue weighted by molar-refractivity contribution is 9.13. The fourth-order valence-electron chi connectivity index (χ4n) is 1.75. The Bertz CT molecular complexity index is 723. The summed E-state index contributed by atoms with van der Waals surface area (Å²) in [6.07, 6.45) is 0. The van der Waals surface area contributed by atoms with Gasteiger partial charge >= 0.3 is 0 Å². The van der Waals surface area contributed by atoms with E-state index in [0.29, 0.717) is 0 Å². The van der Waals surface area contributed by atoms with E-state index in [0.717, 1.165) is 8.26 Å². The molecule has 5 heteroatoms. The average Bonchev–Trinajstić information content (AvgIpc) is 2.81. The van der Waals surface area contributed by atoms with Crippen LogP contribution in [0.4, 0.5) is 0 Å². The first kappa shape index (κ1) is 13.3. The molecule has 3 aromatic rings. The van der Waals surface area contributed by atoms with Crippen molar-refractivity contribution in [3.05, 3.63) is 42.6 Å². The number of halogens is 3. The summed E-state index contributed by atoms with van der Waals surface area (Å²) in [6, 6.07) is 8.66. The lowest BCUT2D eigenvalue weighted by Gasteiger charge is -1.99. The van der Waals surface area contributed by atoms with Gasteiger partial charge in [0.2, 0.25) is 0 Å². The van der Waals surface area contributed by atoms with E-state index in [1.807, 2.05) is 11.3 Å². The molecule has 0 atom stereocenters. The van der Waals surface area contributed by atoms with E-state index in [2.05, 4.69) is 79.0 Å². The van der Waals surface area contributed by atoms with Gasteiger partial charge in [0, 0.05) is 0 Å². The van der Waals surface area contributed by atoms with Crippen molar-refractivity contribution in [2.24, 2.45) is 0 Å². The number of hydrogen-bond acceptors (Lipinski definition) is 2. The van der Waals surface area contributed by atoms with Crippen molar-refractivity contribution >= 4 is 79.9 Å². The van der Waals surface area contributed by atoms with Crippen molar-refractivity contribution in [2.75, 3.05) is 0 Å². The van der Waals surface area contributed by atoms with Gasteiger partial charge in [-0.3, -0.25) is 0 Å². The first-order valence-electron chi connectivity index (χ1n) is 5.20. The number of rotatable bonds is 1. The molecule has 0 saturated heterocycles. The van der Waals surface area contributed by atoms with Crippen molar-refractivity contribution in [3.8, 4) is 10.4 Å². The summed E-state index contributed by atoms with van der Waals surface area (Å²) < 4.78 is 6.11. The van der Waals surface area contributed by atoms with Crippen LogP contribution in [0.25, 0.3) is 19.8 Å². The summed E-state index contributed by atoms with van der Waals surface area (Å²) in [5.74, 6) is 0. The first-order valence-corrected chi connectivity index (χ1v) is 9.22. The van der Waals surface area contributed by atoms with E-state index >= 15 is 0 Å². The lowest BCUT2D eigenvalue weighted by Crippen LogP contribution is -1.74. The second-order valence-electron chi connectivity index (χ2n) is 3.96. The Balaban J connectivity index is 2.24. The Kier molecular flexibility index (Phi) is 3.71. The third kappa shape index (κ3) is 2.14. The minimum atomic E-state index is 1.15. The first-order chi connectivity index (χ1) is 8.58. The number of hydrogen-bond donors (Lipinski definition) is 0. The molecule has 2 aromatic heterocycles. The normalized spacial score (nSPS) is 11.3. The van der Waals surface area contributed by atoms with Gasteiger partial charge in [0.05, 0.1) is 27.0 Å². The molecular formula is C13H7Br3S2. The number of thiophene rings is 2. The Morgan fingerprint density at radius 3 is 2.06 bits per heavy atom. The summed E-state index contributed by atoms with van der Waals surface area (Å²) in [6.45, 7) is 2.11. The van der Waals surface area contributed by atoms with E-state index < -0.39 is 0 Å². The molecule has 0 aliphatic rings. The van der Waals surface area contributed by atoms with Crippen LogP contribution in [-0.2, 0) is 0 Å². The van der Waals surface area contributed by atoms with Crippen LogP contribution < -0.4 is 0 Å². The molecule has 1 aromatic carbocycles. The van der Waals surface area contributed by atoms with Crippen LogP contribution in [0.3, 0.4) is 0 Å². The molecule has 0 unspecified atom stereocenters. The van der Waals surface area contributed by atoms with Crippen LogP contribution in [0.15, 0.2) is 37.0 Å². The molecule has 2 heterocycles. The Morgan fingerprint density at radius 2 is 1.44 bits per heavy atom. The number of benzene rings is 1. The largest absolute Gasteiger partial charge is 0.132 e. The van der Waals surface area contributed by atoms with E-state index in [4.69, 9.17) is 0 Å². The Morgan fingerprint density at radius 1 is 0.833 bits per heavy atom. The smallest absolute Gasteiger partial charge is 0.0862 e. The van der Waals surface area contributed by atoms with Crippen LogP contribution in [0, 0.1) is 6.92 Å². The van der Waals surface area contributed by atoms with Gasteiger partial charge in [0.15, 0.2) is 0 Å². The Hall–Kier alpha value is 0.320. The lowest BCUT2D eigenvalue weighted by molar-refractivity contribution is 1.48. The Labute approximate surface area is 138 Å². The van der Waals surface area contributed by atoms with Crippen LogP contribution in [0.2, 0.25) is 0 Å². The standard InChI is InChI=1S/C13H7Br3S2/c1-6-2-4-7(5-3-6)10-8(14)11-12(17-10)9(15)13(16)18-11/h2-5H,1H3. The van der Waals surface area contributed by atoms with E-state index in [-0.39, 0.29) is 0 Å². The minimum Gasteiger partial charge on any atom is -0.132 e. The van der Waals surface area contributed by atoms with Gasteiger partial charge in [-0.2, -0.15) is 0 Å². The highest BCUT2D eigenvalue weighted by Crippen LogP contribution is 2.51. The van der Waals surface area contributed by atoms with Crippen molar-refractivity contribution < 1.29 is 0 Å². The highest BCUT2D eigenvalue weighted by atomic mass is 79.9. The SMILES string of the molecule is Cc1ccc(-c2sc3c(Br)c(Br)sc3c2Br)cc1. The molecule has 0 bridgehead atoms. The van der Waals surface area contributed by atoms with Crippen LogP contribution in [0.1, 0.15) is 5.56 Å². The number of fused-ring (bicyclic) bond motifs is 1. The van der Waals surface area contributed by atoms with Gasteiger partial charge in [-0.1, -0.05) is 29.8 Å². The van der Waals surface area contributed by atoms with Gasteiger partial charge in [0.1, 0.15) is 0 Å². The highest BCUT2D eigenvalue weighted by Gasteiger charge is 2.18. The minimum absolute atomic E-state index is 1.15. The quantitative estimate of drug-likeness (QED) is 0.355. The molecule has 18 heavy (non-hydrogen) atoms. The monoisotopic (exact) mass is 464 g/mol. The summed E-state index contributed by atoms with van der Waals surface area (Å²) in [5.41, 5.74) is 2.56. The van der Waals surface area contributed by atoms with E-state index in [1.54, 1.807) is 11.3 Å². The second-order valence-corrected chi connectivity index (χ2v) is 8.90. The van der Waals surface area contributed by atoms with Crippen molar-refractivity contribution in [3.63, 3.8) is 0 Å². The van der Waals surface area contributed by atoms with Gasteiger partial charge in [-0.25, -0.2) is 0 Å². The zero-order valence-electron chi connectivity index (χ0n) is 9.26. The number of aryl methyl sites for hydroxylation is 1. The zero-order chi connectivity index (χ0) is 12.9.